The Labute approximate surface area is 635 Å². The monoisotopic (exact) mass is 1580 g/mol. The number of hydrogen-bond acceptors (Lipinski definition) is 16. The fraction of sp³-hybridized carbons (Fsp3) is 0.220. The molecule has 4 heterocycles. The number of carbonyl (C=O) groups is 8. The highest BCUT2D eigenvalue weighted by Crippen LogP contribution is 2.59. The van der Waals surface area contributed by atoms with Gasteiger partial charge < -0.3 is 48.5 Å². The summed E-state index contributed by atoms with van der Waals surface area (Å²) in [7, 11) is 0. The molecule has 0 aromatic heterocycles. The number of hydrogen-bond donors (Lipinski definition) is 2. The largest absolute Gasteiger partial charge is 0.464 e. The summed E-state index contributed by atoms with van der Waals surface area (Å²) >= 11 is 0. The fourth-order valence-corrected chi connectivity index (χ4v) is 13.7. The predicted octanol–water partition coefficient (Wildman–Crippen LogP) is 16.3. The van der Waals surface area contributed by atoms with Gasteiger partial charge in [0.2, 0.25) is 11.8 Å². The van der Waals surface area contributed by atoms with Crippen LogP contribution in [0.3, 0.4) is 0 Å². The van der Waals surface area contributed by atoms with E-state index in [1.165, 1.54) is 24.3 Å². The van der Waals surface area contributed by atoms with E-state index in [9.17, 15) is 71.9 Å². The lowest BCUT2D eigenvalue weighted by Crippen LogP contribution is -2.52. The lowest BCUT2D eigenvalue weighted by atomic mass is 9.80. The number of amides is 6. The third-order valence-corrected chi connectivity index (χ3v) is 19.3. The maximum atomic E-state index is 16.3. The molecule has 4 aliphatic heterocycles. The molecule has 6 amide bonds. The van der Waals surface area contributed by atoms with Crippen LogP contribution in [-0.2, 0) is 75.7 Å². The van der Waals surface area contributed by atoms with Crippen molar-refractivity contribution in [3.05, 3.63) is 238 Å². The van der Waals surface area contributed by atoms with Crippen molar-refractivity contribution in [1.82, 2.24) is 20.4 Å². The Hall–Kier alpha value is -12.8. The van der Waals surface area contributed by atoms with Crippen molar-refractivity contribution in [1.29, 1.82) is 0 Å². The van der Waals surface area contributed by atoms with E-state index in [4.69, 9.17) is 37.9 Å². The number of rotatable bonds is 26. The lowest BCUT2D eigenvalue weighted by Gasteiger charge is -2.35. The molecule has 0 saturated carbocycles. The quantitative estimate of drug-likeness (QED) is 0.0128. The molecule has 0 bridgehead atoms. The molecular formula is C82H56F12N4O16. The average molecular weight is 1580 g/mol. The highest BCUT2D eigenvalue weighted by molar-refractivity contribution is 6.45. The third-order valence-electron chi connectivity index (χ3n) is 19.3. The maximum Gasteiger partial charge on any atom is 0.416 e. The van der Waals surface area contributed by atoms with Crippen LogP contribution >= 0.6 is 0 Å². The predicted molar refractivity (Wildman–Crippen MR) is 379 cm³/mol. The van der Waals surface area contributed by atoms with Gasteiger partial charge in [0.15, 0.2) is 0 Å². The van der Waals surface area contributed by atoms with E-state index in [0.717, 1.165) is 72.8 Å². The van der Waals surface area contributed by atoms with E-state index in [0.29, 0.717) is 82.7 Å². The Morgan fingerprint density at radius 3 is 0.860 bits per heavy atom. The van der Waals surface area contributed by atoms with Crippen molar-refractivity contribution < 1.29 is 129 Å². The van der Waals surface area contributed by atoms with E-state index in [2.05, 4.69) is 10.6 Å². The van der Waals surface area contributed by atoms with E-state index >= 15 is 19.2 Å². The van der Waals surface area contributed by atoms with Crippen LogP contribution in [0.2, 0.25) is 0 Å². The molecule has 0 radical (unpaired) electrons. The zero-order chi connectivity index (χ0) is 80.4. The molecule has 2 fully saturated rings. The second-order valence-electron chi connectivity index (χ2n) is 26.9. The second-order valence-corrected chi connectivity index (χ2v) is 26.9. The third kappa shape index (κ3) is 15.6. The number of epoxide rings is 2. The van der Waals surface area contributed by atoms with Gasteiger partial charge in [-0.05, 0) is 132 Å². The second kappa shape index (κ2) is 30.0. The summed E-state index contributed by atoms with van der Waals surface area (Å²) in [5, 5.41) is 1.77. The highest BCUT2D eigenvalue weighted by atomic mass is 19.4. The van der Waals surface area contributed by atoms with Crippen LogP contribution in [0.4, 0.5) is 52.7 Å². The number of nitrogens with zero attached hydrogens (tertiary/aromatic N) is 2. The van der Waals surface area contributed by atoms with Crippen LogP contribution in [0.25, 0.3) is 43.1 Å². The number of halogens is 12. The van der Waals surface area contributed by atoms with Crippen molar-refractivity contribution in [3.8, 4) is 46.0 Å². The Morgan fingerprint density at radius 2 is 0.623 bits per heavy atom. The summed E-state index contributed by atoms with van der Waals surface area (Å²) in [4.78, 5) is 122. The minimum absolute atomic E-state index is 0.129. The van der Waals surface area contributed by atoms with Crippen LogP contribution in [0.1, 0.15) is 87.7 Å². The van der Waals surface area contributed by atoms with Gasteiger partial charge in [-0.15, -0.1) is 0 Å². The zero-order valence-corrected chi connectivity index (χ0v) is 58.7. The van der Waals surface area contributed by atoms with Crippen molar-refractivity contribution in [2.24, 2.45) is 0 Å². The number of esters is 2. The number of nitrogens with one attached hydrogen (secondary N) is 2. The van der Waals surface area contributed by atoms with Gasteiger partial charge in [-0.1, -0.05) is 60.7 Å². The molecule has 20 nitrogen and oxygen atoms in total. The molecule has 2 saturated heterocycles. The summed E-state index contributed by atoms with van der Waals surface area (Å²) in [5.74, 6) is -13.4. The Kier molecular flexibility index (Phi) is 20.1. The number of ether oxygens (including phenoxy) is 8. The Morgan fingerprint density at radius 1 is 0.368 bits per heavy atom. The molecule has 114 heavy (non-hydrogen) atoms. The smallest absolute Gasteiger partial charge is 0.416 e. The first kappa shape index (κ1) is 76.5. The highest BCUT2D eigenvalue weighted by Gasteiger charge is 2.48. The van der Waals surface area contributed by atoms with Gasteiger partial charge in [-0.25, -0.2) is 9.59 Å². The first-order chi connectivity index (χ1) is 54.3. The normalized spacial score (nSPS) is 16.0. The van der Waals surface area contributed by atoms with Crippen LogP contribution in [0.5, 0.6) is 46.0 Å². The van der Waals surface area contributed by atoms with Gasteiger partial charge in [-0.2, -0.15) is 52.7 Å². The first-order valence-electron chi connectivity index (χ1n) is 35.0. The number of fused-ring (bicyclic) bond motifs is 2. The fourth-order valence-electron chi connectivity index (χ4n) is 13.7. The average Bonchev–Trinajstić information content (AvgIpc) is 1.08. The first-order valence-corrected chi connectivity index (χ1v) is 35.0. The molecule has 584 valence electrons. The van der Waals surface area contributed by atoms with Crippen molar-refractivity contribution in [3.63, 3.8) is 0 Å². The molecule has 0 aliphatic carbocycles. The van der Waals surface area contributed by atoms with Gasteiger partial charge in [0.1, 0.15) is 71.3 Å². The van der Waals surface area contributed by atoms with Gasteiger partial charge >= 0.3 is 36.6 Å². The molecule has 11 aromatic carbocycles. The minimum Gasteiger partial charge on any atom is -0.464 e. The number of carbonyl (C=O) groups excluding carboxylic acids is 8. The molecule has 11 aromatic rings. The summed E-state index contributed by atoms with van der Waals surface area (Å²) in [5.41, 5.74) is -6.54. The molecule has 32 heteroatoms. The SMILES string of the molecule is O=C(CCOC(=O)C(Cc1ccccc1)N1C(=O)c2cc(Oc3ccc(C(F)(F)F)cc3)c3c4c(Oc5ccc(C(F)(F)F)cc5)cc5c6c(cc(Oc7ccc(C(F)(F)F)cc7)c(c7c(Oc8ccc(C(F)(F)F)cc8)cc(c2c37)C1=O)c64)C(=O)N(C(Cc1ccccc1)C(=O)OCCC(=O)NCC1CO1)C5=O)NCC1CO1. The van der Waals surface area contributed by atoms with Crippen LogP contribution in [0, 0.1) is 0 Å². The van der Waals surface area contributed by atoms with Crippen molar-refractivity contribution in [2.45, 2.75) is 74.7 Å². The molecular weight excluding hydrogens is 1520 g/mol. The molecule has 15 rings (SSSR count). The van der Waals surface area contributed by atoms with E-state index < -0.39 is 257 Å². The number of benzene rings is 11. The topological polar surface area (TPSA) is 248 Å². The van der Waals surface area contributed by atoms with E-state index in [-0.39, 0.29) is 25.3 Å². The van der Waals surface area contributed by atoms with Crippen molar-refractivity contribution in [2.75, 3.05) is 39.5 Å². The summed E-state index contributed by atoms with van der Waals surface area (Å²) < 4.78 is 222. The lowest BCUT2D eigenvalue weighted by molar-refractivity contribution is -0.150. The Balaban J connectivity index is 1.04. The maximum absolute atomic E-state index is 16.3. The van der Waals surface area contributed by atoms with Crippen LogP contribution < -0.4 is 29.6 Å². The number of imide groups is 2. The van der Waals surface area contributed by atoms with Gasteiger partial charge in [0, 0.05) is 69.0 Å². The minimum atomic E-state index is -4.97. The molecule has 2 N–H and O–H groups in total. The standard InChI is InChI=1S/C82H56F12N4O16/c83-79(84,85)43-11-19-47(20-12-43)111-59-33-53-65-54(74(102)97(73(53)101)57(31-41-7-3-1-4-8-41)77(105)107-29-27-63(99)95-37-51-39-109-51)34-60(112-48-21-13-44(14-22-48)80(86,87)88)68-70-62(114-50-25-17-46(18-26-50)82(92,93)94)36-56-66-55(35-61(69(72(66)70)67(59)71(65)68)113-49-23-15-45(16-24-49)81(89,90)91)75(103)98(76(56)104)58(32-42-9-5-2-6-10-42)78(106)108-30-28-64(100)96-38-52-40-110-52/h1-26,33-36,51-52,57-58H,27-32,37-40H2,(H,95,99)(H,96,100). The Bertz CT molecular complexity index is 5070. The summed E-state index contributed by atoms with van der Waals surface area (Å²) in [6, 6.07) is 27.4. The van der Waals surface area contributed by atoms with Gasteiger partial charge in [-0.3, -0.25) is 38.6 Å². The zero-order valence-electron chi connectivity index (χ0n) is 58.7. The molecule has 4 aliphatic rings. The molecule has 4 unspecified atom stereocenters. The number of alkyl halides is 12. The summed E-state index contributed by atoms with van der Waals surface area (Å²) in [6.07, 6.45) is -22.2. The van der Waals surface area contributed by atoms with E-state index in [1.54, 1.807) is 36.4 Å². The van der Waals surface area contributed by atoms with E-state index in [1.807, 2.05) is 0 Å². The van der Waals surface area contributed by atoms with Gasteiger partial charge in [0.25, 0.3) is 23.6 Å². The summed E-state index contributed by atoms with van der Waals surface area (Å²) in [6.45, 7) is -0.211. The molecule has 4 atom stereocenters. The van der Waals surface area contributed by atoms with Crippen LogP contribution in [-0.4, -0.2) is 121 Å². The van der Waals surface area contributed by atoms with Crippen molar-refractivity contribution >= 4 is 90.5 Å². The van der Waals surface area contributed by atoms with Crippen LogP contribution in [0.15, 0.2) is 182 Å². The van der Waals surface area contributed by atoms with Gasteiger partial charge in [0.05, 0.1) is 82.8 Å². The molecule has 0 spiro atoms.